The van der Waals surface area contributed by atoms with Gasteiger partial charge in [0.15, 0.2) is 0 Å². The number of rotatable bonds is 7. The molecule has 1 amide bonds. The van der Waals surface area contributed by atoms with Crippen molar-refractivity contribution in [2.45, 2.75) is 46.6 Å². The van der Waals surface area contributed by atoms with Crippen LogP contribution in [0.3, 0.4) is 0 Å². The molecule has 0 aromatic rings. The lowest BCUT2D eigenvalue weighted by Gasteiger charge is -2.22. The summed E-state index contributed by atoms with van der Waals surface area (Å²) in [4.78, 5) is 22.1. The second-order valence-corrected chi connectivity index (χ2v) is 5.53. The number of carbonyl (C=O) groups excluding carboxylic acids is 1. The summed E-state index contributed by atoms with van der Waals surface area (Å²) in [5.41, 5.74) is -0.571. The predicted molar refractivity (Wildman–Crippen MR) is 64.5 cm³/mol. The Morgan fingerprint density at radius 2 is 1.76 bits per heavy atom. The van der Waals surface area contributed by atoms with Crippen LogP contribution in [-0.4, -0.2) is 34.7 Å². The molecule has 1 atom stereocenters. The number of hydrogen-bond donors (Lipinski definition) is 3. The van der Waals surface area contributed by atoms with Crippen LogP contribution >= 0.6 is 0 Å². The Bertz CT molecular complexity index is 274. The van der Waals surface area contributed by atoms with Gasteiger partial charge in [0, 0.05) is 13.0 Å². The maximum absolute atomic E-state index is 11.6. The van der Waals surface area contributed by atoms with Gasteiger partial charge in [0.2, 0.25) is 5.91 Å². The van der Waals surface area contributed by atoms with E-state index in [0.717, 1.165) is 0 Å². The third-order valence-electron chi connectivity index (χ3n) is 2.55. The Labute approximate surface area is 102 Å². The predicted octanol–water partition coefficient (Wildman–Crippen LogP) is 1.01. The van der Waals surface area contributed by atoms with Crippen LogP contribution in [0, 0.1) is 11.3 Å². The molecule has 0 aliphatic carbocycles. The molecule has 17 heavy (non-hydrogen) atoms. The van der Waals surface area contributed by atoms with E-state index in [9.17, 15) is 14.7 Å². The zero-order valence-corrected chi connectivity index (χ0v) is 11.0. The number of aliphatic hydroxyl groups excluding tert-OH is 1. The Morgan fingerprint density at radius 1 is 1.24 bits per heavy atom. The molecule has 0 spiro atoms. The number of carboxylic acid groups (broad SMARTS) is 1. The van der Waals surface area contributed by atoms with Crippen molar-refractivity contribution in [3.05, 3.63) is 0 Å². The molecule has 0 saturated heterocycles. The van der Waals surface area contributed by atoms with E-state index in [2.05, 4.69) is 5.32 Å². The van der Waals surface area contributed by atoms with Crippen LogP contribution in [0.2, 0.25) is 0 Å². The largest absolute Gasteiger partial charge is 0.481 e. The van der Waals surface area contributed by atoms with Crippen LogP contribution in [0.4, 0.5) is 0 Å². The molecule has 0 aromatic carbocycles. The molecular formula is C12H23NO4. The Hall–Kier alpha value is -1.10. The molecule has 0 fully saturated rings. The maximum atomic E-state index is 11.6. The maximum Gasteiger partial charge on any atom is 0.303 e. The van der Waals surface area contributed by atoms with Gasteiger partial charge in [-0.25, -0.2) is 0 Å². The molecule has 0 bridgehead atoms. The Morgan fingerprint density at radius 3 is 2.18 bits per heavy atom. The van der Waals surface area contributed by atoms with Crippen LogP contribution in [0.5, 0.6) is 0 Å². The van der Waals surface area contributed by atoms with Gasteiger partial charge in [-0.15, -0.1) is 0 Å². The van der Waals surface area contributed by atoms with Gasteiger partial charge in [-0.2, -0.15) is 0 Å². The topological polar surface area (TPSA) is 86.6 Å². The van der Waals surface area contributed by atoms with Crippen LogP contribution in [0.15, 0.2) is 0 Å². The van der Waals surface area contributed by atoms with E-state index in [1.54, 1.807) is 13.8 Å². The van der Waals surface area contributed by atoms with Crippen molar-refractivity contribution < 1.29 is 19.8 Å². The second kappa shape index (κ2) is 6.59. The van der Waals surface area contributed by atoms with Gasteiger partial charge in [0.05, 0.1) is 12.5 Å². The summed E-state index contributed by atoms with van der Waals surface area (Å²) in [6.07, 6.45) is -0.474. The molecule has 0 aliphatic rings. The van der Waals surface area contributed by atoms with Gasteiger partial charge in [-0.1, -0.05) is 27.7 Å². The summed E-state index contributed by atoms with van der Waals surface area (Å²) in [6.45, 7) is 7.41. The van der Waals surface area contributed by atoms with Crippen LogP contribution < -0.4 is 5.32 Å². The van der Waals surface area contributed by atoms with Crippen molar-refractivity contribution >= 4 is 11.9 Å². The molecule has 3 N–H and O–H groups in total. The molecule has 0 radical (unpaired) electrons. The molecule has 1 unspecified atom stereocenters. The van der Waals surface area contributed by atoms with Crippen molar-refractivity contribution in [3.8, 4) is 0 Å². The van der Waals surface area contributed by atoms with E-state index >= 15 is 0 Å². The fourth-order valence-corrected chi connectivity index (χ4v) is 1.42. The molecule has 5 nitrogen and oxygen atoms in total. The second-order valence-electron chi connectivity index (χ2n) is 5.53. The highest BCUT2D eigenvalue weighted by Crippen LogP contribution is 2.24. The highest BCUT2D eigenvalue weighted by Gasteiger charge is 2.25. The van der Waals surface area contributed by atoms with Crippen molar-refractivity contribution in [3.63, 3.8) is 0 Å². The Kier molecular flexibility index (Phi) is 6.16. The smallest absolute Gasteiger partial charge is 0.303 e. The third kappa shape index (κ3) is 7.74. The van der Waals surface area contributed by atoms with E-state index in [1.165, 1.54) is 0 Å². The zero-order valence-electron chi connectivity index (χ0n) is 11.0. The average Bonchev–Trinajstić information content (AvgIpc) is 2.10. The van der Waals surface area contributed by atoms with Crippen molar-refractivity contribution in [1.29, 1.82) is 0 Å². The van der Waals surface area contributed by atoms with E-state index in [4.69, 9.17) is 5.11 Å². The summed E-state index contributed by atoms with van der Waals surface area (Å²) in [5.74, 6) is -1.05. The van der Waals surface area contributed by atoms with E-state index in [-0.39, 0.29) is 31.2 Å². The normalized spacial score (nSPS) is 13.5. The molecule has 0 aliphatic heterocycles. The lowest BCUT2D eigenvalue weighted by molar-refractivity contribution is -0.139. The SMILES string of the molecule is CC(C)C(O)CNC(=O)CC(C)(C)CC(=O)O. The van der Waals surface area contributed by atoms with Crippen molar-refractivity contribution in [2.24, 2.45) is 11.3 Å². The quantitative estimate of drug-likeness (QED) is 0.624. The zero-order chi connectivity index (χ0) is 13.6. The highest BCUT2D eigenvalue weighted by molar-refractivity contribution is 5.77. The molecule has 0 rings (SSSR count). The van der Waals surface area contributed by atoms with Crippen molar-refractivity contribution in [1.82, 2.24) is 5.32 Å². The summed E-state index contributed by atoms with van der Waals surface area (Å²) in [7, 11) is 0. The van der Waals surface area contributed by atoms with Gasteiger partial charge in [-0.3, -0.25) is 9.59 Å². The first-order chi connectivity index (χ1) is 7.64. The van der Waals surface area contributed by atoms with Gasteiger partial charge >= 0.3 is 5.97 Å². The fraction of sp³-hybridized carbons (Fsp3) is 0.833. The summed E-state index contributed by atoms with van der Waals surface area (Å²) in [6, 6.07) is 0. The number of amides is 1. The molecule has 5 heteroatoms. The van der Waals surface area contributed by atoms with Gasteiger partial charge in [-0.05, 0) is 11.3 Å². The first-order valence-corrected chi connectivity index (χ1v) is 5.80. The number of nitrogens with one attached hydrogen (secondary N) is 1. The third-order valence-corrected chi connectivity index (χ3v) is 2.55. The van der Waals surface area contributed by atoms with Crippen LogP contribution in [-0.2, 0) is 9.59 Å². The van der Waals surface area contributed by atoms with Crippen LogP contribution in [0.25, 0.3) is 0 Å². The van der Waals surface area contributed by atoms with E-state index < -0.39 is 17.5 Å². The van der Waals surface area contributed by atoms with Gasteiger partial charge in [0.1, 0.15) is 0 Å². The number of aliphatic carboxylic acids is 1. The van der Waals surface area contributed by atoms with Gasteiger partial charge in [0.25, 0.3) is 0 Å². The molecular weight excluding hydrogens is 222 g/mol. The molecule has 0 aromatic heterocycles. The average molecular weight is 245 g/mol. The fourth-order valence-electron chi connectivity index (χ4n) is 1.42. The minimum atomic E-state index is -0.912. The monoisotopic (exact) mass is 245 g/mol. The van der Waals surface area contributed by atoms with E-state index in [1.807, 2.05) is 13.8 Å². The first kappa shape index (κ1) is 15.9. The summed E-state index contributed by atoms with van der Waals surface area (Å²) < 4.78 is 0. The van der Waals surface area contributed by atoms with Gasteiger partial charge < -0.3 is 15.5 Å². The molecule has 100 valence electrons. The van der Waals surface area contributed by atoms with Crippen LogP contribution in [0.1, 0.15) is 40.5 Å². The number of carboxylic acids is 1. The highest BCUT2D eigenvalue weighted by atomic mass is 16.4. The van der Waals surface area contributed by atoms with Crippen molar-refractivity contribution in [2.75, 3.05) is 6.54 Å². The number of carbonyl (C=O) groups is 2. The molecule has 0 saturated carbocycles. The summed E-state index contributed by atoms with van der Waals surface area (Å²) >= 11 is 0. The number of hydrogen-bond acceptors (Lipinski definition) is 3. The lowest BCUT2D eigenvalue weighted by Crippen LogP contribution is -2.37. The minimum Gasteiger partial charge on any atom is -0.481 e. The minimum absolute atomic E-state index is 0.0485. The standard InChI is InChI=1S/C12H23NO4/c1-8(2)9(14)7-13-10(15)5-12(3,4)6-11(16)17/h8-9,14H,5-7H2,1-4H3,(H,13,15)(H,16,17). The summed E-state index contributed by atoms with van der Waals surface area (Å²) in [5, 5.41) is 20.8. The lowest BCUT2D eigenvalue weighted by atomic mass is 9.85. The van der Waals surface area contributed by atoms with E-state index in [0.29, 0.717) is 0 Å². The number of aliphatic hydroxyl groups is 1. The molecule has 0 heterocycles. The Balaban J connectivity index is 4.05. The first-order valence-electron chi connectivity index (χ1n) is 5.80.